The second-order valence-corrected chi connectivity index (χ2v) is 6.75. The lowest BCUT2D eigenvalue weighted by atomic mass is 9.99. The zero-order chi connectivity index (χ0) is 20.8. The maximum atomic E-state index is 12.6. The summed E-state index contributed by atoms with van der Waals surface area (Å²) in [5.41, 5.74) is 3.13. The first kappa shape index (κ1) is 20.7. The molecule has 0 saturated heterocycles. The Morgan fingerprint density at radius 1 is 1.07 bits per heavy atom. The van der Waals surface area contributed by atoms with Gasteiger partial charge in [0.1, 0.15) is 0 Å². The first-order valence-electron chi connectivity index (χ1n) is 9.57. The lowest BCUT2D eigenvalue weighted by Crippen LogP contribution is -2.37. The van der Waals surface area contributed by atoms with Gasteiger partial charge in [0.05, 0.1) is 38.6 Å². The van der Waals surface area contributed by atoms with Gasteiger partial charge in [0.15, 0.2) is 11.5 Å². The van der Waals surface area contributed by atoms with Gasteiger partial charge in [0.2, 0.25) is 5.91 Å². The van der Waals surface area contributed by atoms with Crippen molar-refractivity contribution < 1.29 is 23.8 Å². The summed E-state index contributed by atoms with van der Waals surface area (Å²) < 4.78 is 15.8. The van der Waals surface area contributed by atoms with E-state index < -0.39 is 5.97 Å². The molecule has 0 atom stereocenters. The van der Waals surface area contributed by atoms with Gasteiger partial charge in [-0.1, -0.05) is 12.1 Å². The van der Waals surface area contributed by atoms with Crippen LogP contribution in [-0.2, 0) is 22.5 Å². The third-order valence-electron chi connectivity index (χ3n) is 4.86. The Morgan fingerprint density at radius 2 is 1.76 bits per heavy atom. The molecule has 154 valence electrons. The van der Waals surface area contributed by atoms with Crippen molar-refractivity contribution >= 4 is 17.6 Å². The molecular weight excluding hydrogens is 372 g/mol. The molecule has 0 fully saturated rings. The van der Waals surface area contributed by atoms with E-state index in [1.165, 1.54) is 5.56 Å². The number of nitrogens with one attached hydrogen (secondary N) is 1. The number of nitrogens with zero attached hydrogens (tertiary/aromatic N) is 1. The van der Waals surface area contributed by atoms with Crippen molar-refractivity contribution in [3.05, 3.63) is 53.1 Å². The highest BCUT2D eigenvalue weighted by molar-refractivity contribution is 6.01. The molecule has 7 heteroatoms. The number of hydrogen-bond donors (Lipinski definition) is 1. The minimum atomic E-state index is -0.448. The van der Waals surface area contributed by atoms with Crippen LogP contribution in [0.25, 0.3) is 0 Å². The molecule has 0 saturated carbocycles. The summed E-state index contributed by atoms with van der Waals surface area (Å²) in [5.74, 6) is 0.774. The van der Waals surface area contributed by atoms with Crippen LogP contribution in [0, 0.1) is 0 Å². The van der Waals surface area contributed by atoms with Crippen LogP contribution in [-0.4, -0.2) is 50.7 Å². The number of rotatable bonds is 7. The number of esters is 1. The molecule has 0 bridgehead atoms. The second kappa shape index (κ2) is 9.43. The Bertz CT molecular complexity index is 897. The van der Waals surface area contributed by atoms with E-state index in [1.807, 2.05) is 12.1 Å². The lowest BCUT2D eigenvalue weighted by molar-refractivity contribution is -0.117. The molecule has 1 aliphatic rings. The molecule has 1 heterocycles. The van der Waals surface area contributed by atoms with Crippen molar-refractivity contribution in [3.63, 3.8) is 0 Å². The van der Waals surface area contributed by atoms with Crippen molar-refractivity contribution in [3.8, 4) is 11.5 Å². The fourth-order valence-corrected chi connectivity index (χ4v) is 3.45. The van der Waals surface area contributed by atoms with Gasteiger partial charge >= 0.3 is 5.97 Å². The molecule has 1 aliphatic heterocycles. The molecule has 0 aliphatic carbocycles. The standard InChI is InChI=1S/C22H26N2O5/c1-4-29-22(26)17-7-5-6-8-18(17)23-21(25)14-24-10-9-15-11-19(27-2)20(28-3)12-16(15)13-24/h5-8,11-12H,4,9-10,13-14H2,1-3H3,(H,23,25). The normalized spacial score (nSPS) is 13.3. The van der Waals surface area contributed by atoms with E-state index in [2.05, 4.69) is 10.2 Å². The van der Waals surface area contributed by atoms with Gasteiger partial charge in [-0.05, 0) is 48.7 Å². The average Bonchev–Trinajstić information content (AvgIpc) is 2.73. The number of carbonyl (C=O) groups excluding carboxylic acids is 2. The van der Waals surface area contributed by atoms with E-state index in [4.69, 9.17) is 14.2 Å². The van der Waals surface area contributed by atoms with E-state index in [9.17, 15) is 9.59 Å². The summed E-state index contributed by atoms with van der Waals surface area (Å²) >= 11 is 0. The van der Waals surface area contributed by atoms with E-state index in [0.29, 0.717) is 29.3 Å². The smallest absolute Gasteiger partial charge is 0.340 e. The van der Waals surface area contributed by atoms with Crippen LogP contribution in [0.5, 0.6) is 11.5 Å². The third kappa shape index (κ3) is 4.86. The minimum absolute atomic E-state index is 0.175. The Balaban J connectivity index is 1.67. The number of hydrogen-bond acceptors (Lipinski definition) is 6. The summed E-state index contributed by atoms with van der Waals surface area (Å²) in [6.07, 6.45) is 0.822. The van der Waals surface area contributed by atoms with Gasteiger partial charge in [0, 0.05) is 13.1 Å². The number of anilines is 1. The maximum absolute atomic E-state index is 12.6. The highest BCUT2D eigenvalue weighted by Gasteiger charge is 2.22. The van der Waals surface area contributed by atoms with Crippen molar-refractivity contribution in [2.45, 2.75) is 19.9 Å². The Morgan fingerprint density at radius 3 is 2.45 bits per heavy atom. The highest BCUT2D eigenvalue weighted by Crippen LogP contribution is 2.33. The number of ether oxygens (including phenoxy) is 3. The third-order valence-corrected chi connectivity index (χ3v) is 4.86. The average molecular weight is 398 g/mol. The van der Waals surface area contributed by atoms with Crippen LogP contribution in [0.4, 0.5) is 5.69 Å². The zero-order valence-electron chi connectivity index (χ0n) is 17.0. The number of benzene rings is 2. The van der Waals surface area contributed by atoms with Crippen LogP contribution in [0.2, 0.25) is 0 Å². The van der Waals surface area contributed by atoms with E-state index in [0.717, 1.165) is 18.5 Å². The summed E-state index contributed by atoms with van der Waals surface area (Å²) in [7, 11) is 3.23. The van der Waals surface area contributed by atoms with E-state index in [-0.39, 0.29) is 19.1 Å². The number of methoxy groups -OCH3 is 2. The molecule has 0 radical (unpaired) electrons. The van der Waals surface area contributed by atoms with Crippen molar-refractivity contribution in [1.29, 1.82) is 0 Å². The number of amides is 1. The topological polar surface area (TPSA) is 77.1 Å². The molecular formula is C22H26N2O5. The van der Waals surface area contributed by atoms with Crippen LogP contribution >= 0.6 is 0 Å². The van der Waals surface area contributed by atoms with Crippen molar-refractivity contribution in [1.82, 2.24) is 4.90 Å². The zero-order valence-corrected chi connectivity index (χ0v) is 17.0. The van der Waals surface area contributed by atoms with Crippen LogP contribution in [0.3, 0.4) is 0 Å². The van der Waals surface area contributed by atoms with Crippen LogP contribution < -0.4 is 14.8 Å². The molecule has 1 N–H and O–H groups in total. The maximum Gasteiger partial charge on any atom is 0.340 e. The predicted octanol–water partition coefficient (Wildman–Crippen LogP) is 2.88. The van der Waals surface area contributed by atoms with Gasteiger partial charge in [-0.15, -0.1) is 0 Å². The fourth-order valence-electron chi connectivity index (χ4n) is 3.45. The van der Waals surface area contributed by atoms with Gasteiger partial charge in [-0.2, -0.15) is 0 Å². The summed E-state index contributed by atoms with van der Waals surface area (Å²) in [4.78, 5) is 26.7. The molecule has 0 spiro atoms. The molecule has 2 aromatic carbocycles. The Hall–Kier alpha value is -3.06. The van der Waals surface area contributed by atoms with E-state index >= 15 is 0 Å². The molecule has 0 aromatic heterocycles. The minimum Gasteiger partial charge on any atom is -0.493 e. The van der Waals surface area contributed by atoms with Gasteiger partial charge in [-0.25, -0.2) is 4.79 Å². The second-order valence-electron chi connectivity index (χ2n) is 6.75. The number of para-hydroxylation sites is 1. The van der Waals surface area contributed by atoms with Gasteiger partial charge in [0.25, 0.3) is 0 Å². The lowest BCUT2D eigenvalue weighted by Gasteiger charge is -2.29. The van der Waals surface area contributed by atoms with E-state index in [1.54, 1.807) is 45.4 Å². The summed E-state index contributed by atoms with van der Waals surface area (Å²) in [6.45, 7) is 3.66. The Kier molecular flexibility index (Phi) is 6.72. The highest BCUT2D eigenvalue weighted by atomic mass is 16.5. The number of carbonyl (C=O) groups is 2. The monoisotopic (exact) mass is 398 g/mol. The quantitative estimate of drug-likeness (QED) is 0.723. The van der Waals surface area contributed by atoms with Gasteiger partial charge in [-0.3, -0.25) is 9.69 Å². The van der Waals surface area contributed by atoms with Crippen LogP contribution in [0.15, 0.2) is 36.4 Å². The first-order valence-corrected chi connectivity index (χ1v) is 9.57. The Labute approximate surface area is 170 Å². The molecule has 7 nitrogen and oxygen atoms in total. The van der Waals surface area contributed by atoms with Gasteiger partial charge < -0.3 is 19.5 Å². The van der Waals surface area contributed by atoms with Crippen molar-refractivity contribution in [2.75, 3.05) is 39.2 Å². The first-order chi connectivity index (χ1) is 14.0. The summed E-state index contributed by atoms with van der Waals surface area (Å²) in [6, 6.07) is 10.8. The number of fused-ring (bicyclic) bond motifs is 1. The molecule has 1 amide bonds. The SMILES string of the molecule is CCOC(=O)c1ccccc1NC(=O)CN1CCc2cc(OC)c(OC)cc2C1. The molecule has 29 heavy (non-hydrogen) atoms. The largest absolute Gasteiger partial charge is 0.493 e. The van der Waals surface area contributed by atoms with Crippen LogP contribution in [0.1, 0.15) is 28.4 Å². The molecule has 2 aromatic rings. The van der Waals surface area contributed by atoms with Crippen molar-refractivity contribution in [2.24, 2.45) is 0 Å². The molecule has 0 unspecified atom stereocenters. The summed E-state index contributed by atoms with van der Waals surface area (Å²) in [5, 5.41) is 2.84. The fraction of sp³-hybridized carbons (Fsp3) is 0.364. The predicted molar refractivity (Wildman–Crippen MR) is 110 cm³/mol. The molecule has 3 rings (SSSR count).